The van der Waals surface area contributed by atoms with Crippen LogP contribution in [0, 0.1) is 0 Å². The molecule has 3 rings (SSSR count). The van der Waals surface area contributed by atoms with Crippen LogP contribution < -0.4 is 0 Å². The molecule has 1 aromatic rings. The fourth-order valence-corrected chi connectivity index (χ4v) is 3.41. The van der Waals surface area contributed by atoms with E-state index in [1.807, 2.05) is 0 Å². The van der Waals surface area contributed by atoms with Crippen molar-refractivity contribution < 1.29 is 37.1 Å². The zero-order valence-corrected chi connectivity index (χ0v) is 16.1. The van der Waals surface area contributed by atoms with Crippen LogP contribution in [0.4, 0.5) is 13.2 Å². The fraction of sp³-hybridized carbons (Fsp3) is 0.474. The lowest BCUT2D eigenvalue weighted by Gasteiger charge is -2.34. The number of piperazine rings is 1. The topological polar surface area (TPSA) is 87.2 Å². The normalized spacial score (nSPS) is 18.4. The Morgan fingerprint density at radius 2 is 1.57 bits per heavy atom. The lowest BCUT2D eigenvalue weighted by molar-refractivity contribution is -0.187. The number of alkyl halides is 3. The fourth-order valence-electron chi connectivity index (χ4n) is 3.41. The minimum atomic E-state index is -4.89. The minimum absolute atomic E-state index is 0.0560. The number of hydrogen-bond acceptors (Lipinski definition) is 6. The maximum Gasteiger partial charge on any atom is 0.471 e. The summed E-state index contributed by atoms with van der Waals surface area (Å²) < 4.78 is 42.5. The lowest BCUT2D eigenvalue weighted by atomic mass is 10.1. The van der Waals surface area contributed by atoms with E-state index in [4.69, 9.17) is 4.74 Å². The highest BCUT2D eigenvalue weighted by molar-refractivity contribution is 6.22. The van der Waals surface area contributed by atoms with Crippen LogP contribution in [0.2, 0.25) is 0 Å². The third kappa shape index (κ3) is 4.30. The number of benzene rings is 1. The molecule has 11 heteroatoms. The molecule has 0 aromatic heterocycles. The van der Waals surface area contributed by atoms with E-state index in [0.717, 1.165) is 9.80 Å². The molecule has 0 saturated carbocycles. The lowest BCUT2D eigenvalue weighted by Crippen LogP contribution is -2.53. The molecule has 0 spiro atoms. The van der Waals surface area contributed by atoms with Crippen molar-refractivity contribution in [1.29, 1.82) is 0 Å². The van der Waals surface area contributed by atoms with E-state index in [1.165, 1.54) is 19.1 Å². The van der Waals surface area contributed by atoms with Gasteiger partial charge in [0.2, 0.25) is 0 Å². The highest BCUT2D eigenvalue weighted by Gasteiger charge is 2.43. The molecule has 0 N–H and O–H groups in total. The van der Waals surface area contributed by atoms with Gasteiger partial charge >= 0.3 is 18.1 Å². The van der Waals surface area contributed by atoms with Crippen LogP contribution in [0.5, 0.6) is 0 Å². The zero-order chi connectivity index (χ0) is 22.1. The van der Waals surface area contributed by atoms with E-state index < -0.39 is 35.9 Å². The summed E-state index contributed by atoms with van der Waals surface area (Å²) >= 11 is 0. The summed E-state index contributed by atoms with van der Waals surface area (Å²) in [4.78, 5) is 51.7. The Kier molecular flexibility index (Phi) is 6.11. The number of rotatable bonds is 5. The smallest absolute Gasteiger partial charge is 0.463 e. The Morgan fingerprint density at radius 3 is 2.07 bits per heavy atom. The summed E-state index contributed by atoms with van der Waals surface area (Å²) in [5.41, 5.74) is 0.460. The van der Waals surface area contributed by atoms with Gasteiger partial charge in [0.1, 0.15) is 12.6 Å². The molecule has 1 saturated heterocycles. The molecule has 1 atom stereocenters. The minimum Gasteiger partial charge on any atom is -0.463 e. The number of fused-ring (bicyclic) bond motifs is 1. The van der Waals surface area contributed by atoms with E-state index in [2.05, 4.69) is 0 Å². The molecule has 3 amide bonds. The van der Waals surface area contributed by atoms with Crippen LogP contribution in [-0.2, 0) is 14.3 Å². The quantitative estimate of drug-likeness (QED) is 0.513. The van der Waals surface area contributed by atoms with Crippen molar-refractivity contribution in [1.82, 2.24) is 14.7 Å². The third-order valence-electron chi connectivity index (χ3n) is 5.11. The number of hydrogen-bond donors (Lipinski definition) is 0. The van der Waals surface area contributed by atoms with Crippen molar-refractivity contribution in [3.05, 3.63) is 35.4 Å². The van der Waals surface area contributed by atoms with Crippen molar-refractivity contribution in [3.63, 3.8) is 0 Å². The zero-order valence-electron chi connectivity index (χ0n) is 16.1. The van der Waals surface area contributed by atoms with Gasteiger partial charge in [-0.25, -0.2) is 4.79 Å². The Morgan fingerprint density at radius 1 is 1.03 bits per heavy atom. The van der Waals surface area contributed by atoms with E-state index in [-0.39, 0.29) is 50.5 Å². The standard InChI is InChI=1S/C19H20F3N3O5/c1-12(25-15(26)13-4-2-3-5-14(13)16(25)27)17(28)30-11-10-23-6-8-24(9-7-23)18(29)19(20,21)22/h2-5,12H,6-11H2,1H3. The Hall–Kier alpha value is -2.95. The van der Waals surface area contributed by atoms with Crippen LogP contribution in [0.1, 0.15) is 27.6 Å². The first kappa shape index (κ1) is 21.8. The third-order valence-corrected chi connectivity index (χ3v) is 5.11. The van der Waals surface area contributed by atoms with E-state index in [0.29, 0.717) is 0 Å². The van der Waals surface area contributed by atoms with Crippen LogP contribution in [0.3, 0.4) is 0 Å². The molecule has 0 aliphatic carbocycles. The van der Waals surface area contributed by atoms with Gasteiger partial charge in [-0.05, 0) is 19.1 Å². The van der Waals surface area contributed by atoms with Crippen molar-refractivity contribution in [2.75, 3.05) is 39.3 Å². The largest absolute Gasteiger partial charge is 0.471 e. The summed E-state index contributed by atoms with van der Waals surface area (Å²) in [5, 5.41) is 0. The average molecular weight is 427 g/mol. The van der Waals surface area contributed by atoms with Gasteiger partial charge in [0.05, 0.1) is 11.1 Å². The Labute approximate surface area is 170 Å². The van der Waals surface area contributed by atoms with E-state index in [9.17, 15) is 32.3 Å². The molecule has 8 nitrogen and oxygen atoms in total. The molecule has 2 heterocycles. The summed E-state index contributed by atoms with van der Waals surface area (Å²) in [7, 11) is 0. The molecule has 1 aromatic carbocycles. The van der Waals surface area contributed by atoms with Gasteiger partial charge in [-0.2, -0.15) is 13.2 Å². The van der Waals surface area contributed by atoms with Gasteiger partial charge in [-0.3, -0.25) is 24.2 Å². The number of esters is 1. The summed E-state index contributed by atoms with van der Waals surface area (Å²) in [6.07, 6.45) is -4.89. The second-order valence-corrected chi connectivity index (χ2v) is 7.00. The predicted molar refractivity (Wildman–Crippen MR) is 96.4 cm³/mol. The van der Waals surface area contributed by atoms with E-state index in [1.54, 1.807) is 17.0 Å². The van der Waals surface area contributed by atoms with Gasteiger partial charge in [-0.1, -0.05) is 12.1 Å². The van der Waals surface area contributed by atoms with Crippen LogP contribution >= 0.6 is 0 Å². The molecule has 30 heavy (non-hydrogen) atoms. The van der Waals surface area contributed by atoms with Gasteiger partial charge in [0, 0.05) is 32.7 Å². The number of halogens is 3. The first-order valence-electron chi connectivity index (χ1n) is 9.33. The molecule has 1 unspecified atom stereocenters. The molecule has 1 fully saturated rings. The van der Waals surface area contributed by atoms with Crippen molar-refractivity contribution in [3.8, 4) is 0 Å². The molecular weight excluding hydrogens is 407 g/mol. The maximum atomic E-state index is 12.5. The molecule has 2 aliphatic heterocycles. The number of nitrogens with zero attached hydrogens (tertiary/aromatic N) is 3. The first-order chi connectivity index (χ1) is 14.1. The Balaban J connectivity index is 1.45. The number of carbonyl (C=O) groups is 4. The molecule has 0 radical (unpaired) electrons. The molecular formula is C19H20F3N3O5. The van der Waals surface area contributed by atoms with Crippen molar-refractivity contribution >= 4 is 23.7 Å². The van der Waals surface area contributed by atoms with Crippen molar-refractivity contribution in [2.24, 2.45) is 0 Å². The second kappa shape index (κ2) is 8.42. The summed E-state index contributed by atoms with van der Waals surface area (Å²) in [6, 6.07) is 5.16. The number of imide groups is 1. The summed E-state index contributed by atoms with van der Waals surface area (Å²) in [5.74, 6) is -3.74. The van der Waals surface area contributed by atoms with Crippen molar-refractivity contribution in [2.45, 2.75) is 19.1 Å². The average Bonchev–Trinajstić information content (AvgIpc) is 2.97. The summed E-state index contributed by atoms with van der Waals surface area (Å²) in [6.45, 7) is 1.88. The van der Waals surface area contributed by atoms with Crippen LogP contribution in [0.25, 0.3) is 0 Å². The Bertz CT molecular complexity index is 830. The molecule has 2 aliphatic rings. The van der Waals surface area contributed by atoms with Gasteiger partial charge in [-0.15, -0.1) is 0 Å². The number of amides is 3. The maximum absolute atomic E-state index is 12.5. The SMILES string of the molecule is CC(C(=O)OCCN1CCN(C(=O)C(F)(F)F)CC1)N1C(=O)c2ccccc2C1=O. The second-order valence-electron chi connectivity index (χ2n) is 7.00. The van der Waals surface area contributed by atoms with Gasteiger partial charge in [0.25, 0.3) is 11.8 Å². The first-order valence-corrected chi connectivity index (χ1v) is 9.33. The number of ether oxygens (including phenoxy) is 1. The highest BCUT2D eigenvalue weighted by atomic mass is 19.4. The molecule has 162 valence electrons. The van der Waals surface area contributed by atoms with Crippen LogP contribution in [0.15, 0.2) is 24.3 Å². The molecule has 0 bridgehead atoms. The van der Waals surface area contributed by atoms with Gasteiger partial charge < -0.3 is 9.64 Å². The van der Waals surface area contributed by atoms with Crippen LogP contribution in [-0.4, -0.2) is 89.9 Å². The highest BCUT2D eigenvalue weighted by Crippen LogP contribution is 2.25. The van der Waals surface area contributed by atoms with E-state index >= 15 is 0 Å². The van der Waals surface area contributed by atoms with Gasteiger partial charge in [0.15, 0.2) is 0 Å². The number of carbonyl (C=O) groups excluding carboxylic acids is 4. The monoisotopic (exact) mass is 427 g/mol. The predicted octanol–water partition coefficient (Wildman–Crippen LogP) is 0.921.